The summed E-state index contributed by atoms with van der Waals surface area (Å²) in [6.45, 7) is 5.25. The summed E-state index contributed by atoms with van der Waals surface area (Å²) in [4.78, 5) is 4.44. The Bertz CT molecular complexity index is 539. The molecule has 1 N–H and O–H groups in total. The largest absolute Gasteiger partial charge is 0.339 e. The third kappa shape index (κ3) is 4.72. The predicted octanol–water partition coefficient (Wildman–Crippen LogP) is 3.35. The van der Waals surface area contributed by atoms with Gasteiger partial charge in [0.15, 0.2) is 5.82 Å². The molecule has 0 aliphatic rings. The lowest BCUT2D eigenvalue weighted by molar-refractivity contribution is 0.369. The van der Waals surface area contributed by atoms with Crippen molar-refractivity contribution in [2.24, 2.45) is 0 Å². The van der Waals surface area contributed by atoms with Crippen molar-refractivity contribution in [3.8, 4) is 0 Å². The molecule has 5 heteroatoms. The van der Waals surface area contributed by atoms with E-state index in [9.17, 15) is 0 Å². The predicted molar refractivity (Wildman–Crippen MR) is 82.7 cm³/mol. The normalized spacial score (nSPS) is 11.2. The van der Waals surface area contributed by atoms with Crippen molar-refractivity contribution in [3.63, 3.8) is 0 Å². The van der Waals surface area contributed by atoms with Crippen molar-refractivity contribution in [2.75, 3.05) is 6.54 Å². The number of benzene rings is 1. The Morgan fingerprint density at radius 2 is 2.10 bits per heavy atom. The first kappa shape index (κ1) is 15.2. The van der Waals surface area contributed by atoms with Gasteiger partial charge in [0.05, 0.1) is 0 Å². The van der Waals surface area contributed by atoms with Crippen LogP contribution >= 0.6 is 15.9 Å². The van der Waals surface area contributed by atoms with Gasteiger partial charge in [-0.15, -0.1) is 0 Å². The Morgan fingerprint density at radius 3 is 2.85 bits per heavy atom. The van der Waals surface area contributed by atoms with Crippen LogP contribution in [0.1, 0.15) is 37.5 Å². The van der Waals surface area contributed by atoms with Crippen LogP contribution in [-0.2, 0) is 12.8 Å². The van der Waals surface area contributed by atoms with Gasteiger partial charge >= 0.3 is 0 Å². The van der Waals surface area contributed by atoms with Gasteiger partial charge in [0.1, 0.15) is 0 Å². The molecule has 2 rings (SSSR count). The minimum atomic E-state index is 0.517. The van der Waals surface area contributed by atoms with Gasteiger partial charge in [-0.05, 0) is 24.6 Å². The summed E-state index contributed by atoms with van der Waals surface area (Å²) in [6.07, 6.45) is 2.52. The second kappa shape index (κ2) is 7.55. The van der Waals surface area contributed by atoms with Crippen LogP contribution in [-0.4, -0.2) is 22.7 Å². The molecule has 0 atom stereocenters. The molecule has 0 saturated carbocycles. The molecule has 0 spiro atoms. The molecule has 1 aromatic carbocycles. The van der Waals surface area contributed by atoms with Gasteiger partial charge in [-0.25, -0.2) is 0 Å². The van der Waals surface area contributed by atoms with Gasteiger partial charge < -0.3 is 9.84 Å². The maximum absolute atomic E-state index is 5.28. The highest BCUT2D eigenvalue weighted by Gasteiger charge is 2.08. The standard InChI is InChI=1S/C15H20BrN3O/c1-11(2)17-9-5-8-15-18-14(19-20-15)10-12-6-3-4-7-13(12)16/h3-4,6-7,11,17H,5,8-10H2,1-2H3. The van der Waals surface area contributed by atoms with Crippen LogP contribution in [0.4, 0.5) is 0 Å². The van der Waals surface area contributed by atoms with E-state index in [0.29, 0.717) is 12.5 Å². The van der Waals surface area contributed by atoms with Gasteiger partial charge in [-0.3, -0.25) is 0 Å². The van der Waals surface area contributed by atoms with Crippen molar-refractivity contribution in [1.82, 2.24) is 15.5 Å². The van der Waals surface area contributed by atoms with E-state index in [4.69, 9.17) is 4.52 Å². The summed E-state index contributed by atoms with van der Waals surface area (Å²) in [5.41, 5.74) is 1.17. The molecule has 108 valence electrons. The summed E-state index contributed by atoms with van der Waals surface area (Å²) in [5.74, 6) is 1.46. The van der Waals surface area contributed by atoms with Crippen LogP contribution in [0.3, 0.4) is 0 Å². The lowest BCUT2D eigenvalue weighted by Crippen LogP contribution is -2.23. The number of hydrogen-bond donors (Lipinski definition) is 1. The highest BCUT2D eigenvalue weighted by Crippen LogP contribution is 2.18. The zero-order valence-electron chi connectivity index (χ0n) is 11.9. The molecule has 0 aliphatic heterocycles. The number of hydrogen-bond acceptors (Lipinski definition) is 4. The summed E-state index contributed by atoms with van der Waals surface area (Å²) in [5, 5.41) is 7.41. The summed E-state index contributed by atoms with van der Waals surface area (Å²) in [7, 11) is 0. The average Bonchev–Trinajstić information content (AvgIpc) is 2.85. The smallest absolute Gasteiger partial charge is 0.226 e. The summed E-state index contributed by atoms with van der Waals surface area (Å²) >= 11 is 3.53. The Balaban J connectivity index is 1.85. The van der Waals surface area contributed by atoms with Crippen LogP contribution in [0.5, 0.6) is 0 Å². The molecule has 2 aromatic rings. The Labute approximate surface area is 128 Å². The van der Waals surface area contributed by atoms with Gasteiger partial charge in [-0.1, -0.05) is 53.1 Å². The maximum atomic E-state index is 5.28. The second-order valence-electron chi connectivity index (χ2n) is 5.08. The molecule has 4 nitrogen and oxygen atoms in total. The van der Waals surface area contributed by atoms with Crippen LogP contribution in [0.15, 0.2) is 33.3 Å². The zero-order valence-corrected chi connectivity index (χ0v) is 13.5. The van der Waals surface area contributed by atoms with E-state index in [1.165, 1.54) is 5.56 Å². The van der Waals surface area contributed by atoms with Crippen LogP contribution < -0.4 is 5.32 Å². The average molecular weight is 338 g/mol. The highest BCUT2D eigenvalue weighted by atomic mass is 79.9. The Hall–Kier alpha value is -1.20. The van der Waals surface area contributed by atoms with Crippen molar-refractivity contribution < 1.29 is 4.52 Å². The van der Waals surface area contributed by atoms with Crippen molar-refractivity contribution >= 4 is 15.9 Å². The fourth-order valence-electron chi connectivity index (χ4n) is 1.91. The molecule has 0 saturated heterocycles. The monoisotopic (exact) mass is 337 g/mol. The molecule has 0 bridgehead atoms. The van der Waals surface area contributed by atoms with Crippen LogP contribution in [0.2, 0.25) is 0 Å². The van der Waals surface area contributed by atoms with Crippen LogP contribution in [0.25, 0.3) is 0 Å². The number of aromatic nitrogens is 2. The van der Waals surface area contributed by atoms with Gasteiger partial charge in [0, 0.05) is 23.4 Å². The van der Waals surface area contributed by atoms with Gasteiger partial charge in [0.25, 0.3) is 0 Å². The SMILES string of the molecule is CC(C)NCCCc1nc(Cc2ccccc2Br)no1. The molecule has 0 unspecified atom stereocenters. The molecule has 0 fully saturated rings. The topological polar surface area (TPSA) is 51.0 Å². The fourth-order valence-corrected chi connectivity index (χ4v) is 2.33. The number of nitrogens with one attached hydrogen (secondary N) is 1. The Kier molecular flexibility index (Phi) is 5.73. The first-order valence-corrected chi connectivity index (χ1v) is 7.72. The van der Waals surface area contributed by atoms with Crippen LogP contribution in [0, 0.1) is 0 Å². The zero-order chi connectivity index (χ0) is 14.4. The minimum Gasteiger partial charge on any atom is -0.339 e. The van der Waals surface area contributed by atoms with Crippen molar-refractivity contribution in [2.45, 2.75) is 39.2 Å². The quantitative estimate of drug-likeness (QED) is 0.787. The van der Waals surface area contributed by atoms with E-state index in [2.05, 4.69) is 51.3 Å². The van der Waals surface area contributed by atoms with Gasteiger partial charge in [0.2, 0.25) is 5.89 Å². The first-order chi connectivity index (χ1) is 9.65. The van der Waals surface area contributed by atoms with E-state index < -0.39 is 0 Å². The molecule has 0 amide bonds. The number of rotatable bonds is 7. The third-order valence-electron chi connectivity index (χ3n) is 2.94. The van der Waals surface area contributed by atoms with Gasteiger partial charge in [-0.2, -0.15) is 4.98 Å². The van der Waals surface area contributed by atoms with E-state index in [1.807, 2.05) is 18.2 Å². The second-order valence-corrected chi connectivity index (χ2v) is 5.94. The molecule has 0 aliphatic carbocycles. The third-order valence-corrected chi connectivity index (χ3v) is 3.71. The molecular weight excluding hydrogens is 318 g/mol. The van der Waals surface area contributed by atoms with Crippen molar-refractivity contribution in [1.29, 1.82) is 0 Å². The first-order valence-electron chi connectivity index (χ1n) is 6.93. The lowest BCUT2D eigenvalue weighted by atomic mass is 10.1. The summed E-state index contributed by atoms with van der Waals surface area (Å²) < 4.78 is 6.36. The van der Waals surface area contributed by atoms with E-state index in [1.54, 1.807) is 0 Å². The van der Waals surface area contributed by atoms with Crippen molar-refractivity contribution in [3.05, 3.63) is 46.0 Å². The number of nitrogens with zero attached hydrogens (tertiary/aromatic N) is 2. The molecular formula is C15H20BrN3O. The van der Waals surface area contributed by atoms with E-state index in [0.717, 1.165) is 35.6 Å². The fraction of sp³-hybridized carbons (Fsp3) is 0.467. The number of aryl methyl sites for hydroxylation is 1. The summed E-state index contributed by atoms with van der Waals surface area (Å²) in [6, 6.07) is 8.61. The minimum absolute atomic E-state index is 0.517. The maximum Gasteiger partial charge on any atom is 0.226 e. The molecule has 20 heavy (non-hydrogen) atoms. The Morgan fingerprint density at radius 1 is 1.30 bits per heavy atom. The van der Waals surface area contributed by atoms with E-state index >= 15 is 0 Å². The highest BCUT2D eigenvalue weighted by molar-refractivity contribution is 9.10. The van der Waals surface area contributed by atoms with E-state index in [-0.39, 0.29) is 0 Å². The lowest BCUT2D eigenvalue weighted by Gasteiger charge is -2.05. The number of halogens is 1. The molecule has 1 heterocycles. The molecule has 1 aromatic heterocycles. The molecule has 0 radical (unpaired) electrons.